The molecule has 0 spiro atoms. The summed E-state index contributed by atoms with van der Waals surface area (Å²) in [6, 6.07) is 1.93. The highest BCUT2D eigenvalue weighted by Crippen LogP contribution is 2.34. The van der Waals surface area contributed by atoms with Crippen molar-refractivity contribution in [2.75, 3.05) is 7.05 Å². The first kappa shape index (κ1) is 13.5. The molecule has 1 aromatic rings. The Kier molecular flexibility index (Phi) is 3.97. The average molecular weight is 338 g/mol. The van der Waals surface area contributed by atoms with Crippen LogP contribution in [-0.2, 0) is 10.0 Å². The third-order valence-electron chi connectivity index (χ3n) is 3.31. The minimum atomic E-state index is -3.30. The van der Waals surface area contributed by atoms with Crippen LogP contribution in [0.15, 0.2) is 14.1 Å². The Bertz CT molecular complexity index is 484. The summed E-state index contributed by atoms with van der Waals surface area (Å²) in [5.74, 6) is 0. The number of aryl methyl sites for hydroxylation is 1. The SMILES string of the molecule is Cc1cc(S(=O)(=O)N(C)C2CCCC2)sc1Br. The molecule has 0 radical (unpaired) electrons. The zero-order valence-electron chi connectivity index (χ0n) is 9.94. The van der Waals surface area contributed by atoms with Crippen LogP contribution in [0.5, 0.6) is 0 Å². The quantitative estimate of drug-likeness (QED) is 0.847. The van der Waals surface area contributed by atoms with E-state index in [0.29, 0.717) is 4.21 Å². The van der Waals surface area contributed by atoms with Gasteiger partial charge in [-0.2, -0.15) is 4.31 Å². The zero-order chi connectivity index (χ0) is 12.6. The van der Waals surface area contributed by atoms with Gasteiger partial charge < -0.3 is 0 Å². The minimum Gasteiger partial charge on any atom is -0.206 e. The predicted molar refractivity (Wildman–Crippen MR) is 74.0 cm³/mol. The Morgan fingerprint density at radius 2 is 2.00 bits per heavy atom. The van der Waals surface area contributed by atoms with Crippen LogP contribution in [0.1, 0.15) is 31.2 Å². The molecule has 0 unspecified atom stereocenters. The third-order valence-corrected chi connectivity index (χ3v) is 7.80. The van der Waals surface area contributed by atoms with Crippen LogP contribution in [0, 0.1) is 6.92 Å². The van der Waals surface area contributed by atoms with E-state index in [2.05, 4.69) is 15.9 Å². The van der Waals surface area contributed by atoms with E-state index in [1.165, 1.54) is 11.3 Å². The molecular formula is C11H16BrNO2S2. The second-order valence-electron chi connectivity index (χ2n) is 4.48. The predicted octanol–water partition coefficient (Wildman–Crippen LogP) is 3.38. The summed E-state index contributed by atoms with van der Waals surface area (Å²) in [7, 11) is -1.60. The first-order valence-corrected chi connectivity index (χ1v) is 8.72. The summed E-state index contributed by atoms with van der Waals surface area (Å²) in [5, 5.41) is 0. The lowest BCUT2D eigenvalue weighted by molar-refractivity contribution is 0.374. The normalized spacial score (nSPS) is 18.1. The molecule has 1 aromatic heterocycles. The maximum Gasteiger partial charge on any atom is 0.252 e. The molecule has 6 heteroatoms. The summed E-state index contributed by atoms with van der Waals surface area (Å²) in [4.78, 5) is 0. The van der Waals surface area contributed by atoms with Gasteiger partial charge in [-0.1, -0.05) is 12.8 Å². The van der Waals surface area contributed by atoms with Crippen molar-refractivity contribution in [2.24, 2.45) is 0 Å². The molecular weight excluding hydrogens is 322 g/mol. The molecule has 0 atom stereocenters. The fraction of sp³-hybridized carbons (Fsp3) is 0.636. The summed E-state index contributed by atoms with van der Waals surface area (Å²) in [5.41, 5.74) is 0.980. The molecule has 1 aliphatic rings. The first-order valence-electron chi connectivity index (χ1n) is 5.67. The van der Waals surface area contributed by atoms with Crippen LogP contribution >= 0.6 is 27.3 Å². The van der Waals surface area contributed by atoms with Gasteiger partial charge >= 0.3 is 0 Å². The molecule has 0 aliphatic heterocycles. The standard InChI is InChI=1S/C11H16BrNO2S2/c1-8-7-10(16-11(8)12)17(14,15)13(2)9-5-3-4-6-9/h7,9H,3-6H2,1-2H3. The Hall–Kier alpha value is 0.0900. The van der Waals surface area contributed by atoms with E-state index in [1.54, 1.807) is 17.4 Å². The molecule has 0 N–H and O–H groups in total. The number of halogens is 1. The number of rotatable bonds is 3. The first-order chi connectivity index (χ1) is 7.93. The van der Waals surface area contributed by atoms with E-state index in [0.717, 1.165) is 35.0 Å². The van der Waals surface area contributed by atoms with Crippen molar-refractivity contribution in [1.29, 1.82) is 0 Å². The average Bonchev–Trinajstić information content (AvgIpc) is 2.88. The molecule has 3 nitrogen and oxygen atoms in total. The molecule has 96 valence electrons. The van der Waals surface area contributed by atoms with Gasteiger partial charge in [-0.3, -0.25) is 0 Å². The van der Waals surface area contributed by atoms with Crippen LogP contribution in [0.3, 0.4) is 0 Å². The minimum absolute atomic E-state index is 0.182. The largest absolute Gasteiger partial charge is 0.252 e. The van der Waals surface area contributed by atoms with E-state index in [1.807, 2.05) is 6.92 Å². The maximum absolute atomic E-state index is 12.4. The van der Waals surface area contributed by atoms with Gasteiger partial charge in [0.2, 0.25) is 0 Å². The van der Waals surface area contributed by atoms with Gasteiger partial charge in [0.25, 0.3) is 10.0 Å². The molecule has 1 aliphatic carbocycles. The molecule has 0 aromatic carbocycles. The number of hydrogen-bond donors (Lipinski definition) is 0. The Balaban J connectivity index is 2.29. The molecule has 1 saturated carbocycles. The lowest BCUT2D eigenvalue weighted by Gasteiger charge is -2.22. The van der Waals surface area contributed by atoms with Gasteiger partial charge in [0.05, 0.1) is 3.79 Å². The van der Waals surface area contributed by atoms with E-state index in [9.17, 15) is 8.42 Å². The van der Waals surface area contributed by atoms with Gasteiger partial charge in [0.15, 0.2) is 0 Å². The Labute approximate surface area is 115 Å². The molecule has 0 bridgehead atoms. The van der Waals surface area contributed by atoms with Gasteiger partial charge in [-0.15, -0.1) is 11.3 Å². The molecule has 0 saturated heterocycles. The smallest absolute Gasteiger partial charge is 0.206 e. The summed E-state index contributed by atoms with van der Waals surface area (Å²) in [6.07, 6.45) is 4.25. The molecule has 17 heavy (non-hydrogen) atoms. The van der Waals surface area contributed by atoms with Crippen molar-refractivity contribution < 1.29 is 8.42 Å². The number of sulfonamides is 1. The van der Waals surface area contributed by atoms with Crippen molar-refractivity contribution in [2.45, 2.75) is 42.9 Å². The monoisotopic (exact) mass is 337 g/mol. The second-order valence-corrected chi connectivity index (χ2v) is 9.08. The summed E-state index contributed by atoms with van der Waals surface area (Å²) >= 11 is 4.67. The number of nitrogens with zero attached hydrogens (tertiary/aromatic N) is 1. The van der Waals surface area contributed by atoms with E-state index in [4.69, 9.17) is 0 Å². The lowest BCUT2D eigenvalue weighted by atomic mass is 10.3. The molecule has 2 rings (SSSR count). The van der Waals surface area contributed by atoms with Crippen LogP contribution in [0.2, 0.25) is 0 Å². The molecule has 0 amide bonds. The van der Waals surface area contributed by atoms with Crippen LogP contribution in [-0.4, -0.2) is 25.8 Å². The van der Waals surface area contributed by atoms with Crippen LogP contribution < -0.4 is 0 Å². The van der Waals surface area contributed by atoms with Crippen molar-refractivity contribution >= 4 is 37.3 Å². The zero-order valence-corrected chi connectivity index (χ0v) is 13.2. The Morgan fingerprint density at radius 1 is 1.41 bits per heavy atom. The van der Waals surface area contributed by atoms with Crippen LogP contribution in [0.25, 0.3) is 0 Å². The highest BCUT2D eigenvalue weighted by molar-refractivity contribution is 9.11. The Morgan fingerprint density at radius 3 is 2.47 bits per heavy atom. The van der Waals surface area contributed by atoms with E-state index in [-0.39, 0.29) is 6.04 Å². The van der Waals surface area contributed by atoms with Crippen molar-refractivity contribution in [3.05, 3.63) is 15.4 Å². The fourth-order valence-electron chi connectivity index (χ4n) is 2.16. The van der Waals surface area contributed by atoms with Crippen LogP contribution in [0.4, 0.5) is 0 Å². The van der Waals surface area contributed by atoms with Crippen molar-refractivity contribution in [3.8, 4) is 0 Å². The highest BCUT2D eigenvalue weighted by Gasteiger charge is 2.31. The second kappa shape index (κ2) is 4.99. The van der Waals surface area contributed by atoms with E-state index >= 15 is 0 Å². The van der Waals surface area contributed by atoms with Crippen molar-refractivity contribution in [1.82, 2.24) is 4.31 Å². The molecule has 1 fully saturated rings. The van der Waals surface area contributed by atoms with Gasteiger partial charge in [-0.05, 0) is 47.3 Å². The third kappa shape index (κ3) is 2.59. The van der Waals surface area contributed by atoms with Gasteiger partial charge in [-0.25, -0.2) is 8.42 Å². The van der Waals surface area contributed by atoms with Gasteiger partial charge in [0.1, 0.15) is 4.21 Å². The summed E-state index contributed by atoms with van der Waals surface area (Å²) < 4.78 is 27.7. The summed E-state index contributed by atoms with van der Waals surface area (Å²) in [6.45, 7) is 1.91. The van der Waals surface area contributed by atoms with E-state index < -0.39 is 10.0 Å². The number of hydrogen-bond acceptors (Lipinski definition) is 3. The lowest BCUT2D eigenvalue weighted by Crippen LogP contribution is -2.34. The van der Waals surface area contributed by atoms with Crippen molar-refractivity contribution in [3.63, 3.8) is 0 Å². The number of thiophene rings is 1. The highest BCUT2D eigenvalue weighted by atomic mass is 79.9. The maximum atomic E-state index is 12.4. The van der Waals surface area contributed by atoms with Gasteiger partial charge in [0, 0.05) is 13.1 Å². The molecule has 1 heterocycles. The topological polar surface area (TPSA) is 37.4 Å². The fourth-order valence-corrected chi connectivity index (χ4v) is 5.99.